The van der Waals surface area contributed by atoms with Crippen LogP contribution in [-0.4, -0.2) is 26.8 Å². The Balaban J connectivity index is 2.41. The van der Waals surface area contributed by atoms with Crippen LogP contribution in [0.4, 0.5) is 0 Å². The van der Waals surface area contributed by atoms with Gasteiger partial charge < -0.3 is 14.8 Å². The smallest absolute Gasteiger partial charge is 0.165 e. The number of hydrogen-bond acceptors (Lipinski definition) is 3. The third kappa shape index (κ3) is 2.96. The summed E-state index contributed by atoms with van der Waals surface area (Å²) in [7, 11) is 3.43. The molecule has 1 N–H and O–H groups in total. The fraction of sp³-hybridized carbons (Fsp3) is 0.625. The summed E-state index contributed by atoms with van der Waals surface area (Å²) in [6.07, 6.45) is 4.82. The number of halogens is 1. The molecule has 1 heterocycles. The van der Waals surface area contributed by atoms with Crippen LogP contribution in [-0.2, 0) is 6.42 Å². The van der Waals surface area contributed by atoms with E-state index in [-0.39, 0.29) is 0 Å². The Hall–Kier alpha value is -0.740. The van der Waals surface area contributed by atoms with Crippen molar-refractivity contribution in [3.63, 3.8) is 0 Å². The summed E-state index contributed by atoms with van der Waals surface area (Å²) in [6, 6.07) is 0.538. The van der Waals surface area contributed by atoms with E-state index < -0.39 is 0 Å². The Bertz CT molecular complexity index is 482. The summed E-state index contributed by atoms with van der Waals surface area (Å²) in [5, 5.41) is 3.61. The van der Waals surface area contributed by atoms with Crippen LogP contribution < -0.4 is 14.8 Å². The van der Waals surface area contributed by atoms with Crippen molar-refractivity contribution in [2.45, 2.75) is 45.6 Å². The molecule has 0 aliphatic carbocycles. The maximum absolute atomic E-state index is 5.65. The van der Waals surface area contributed by atoms with Crippen molar-refractivity contribution in [3.05, 3.63) is 21.2 Å². The fourth-order valence-electron chi connectivity index (χ4n) is 3.04. The quantitative estimate of drug-likeness (QED) is 0.904. The largest absolute Gasteiger partial charge is 0.493 e. The zero-order chi connectivity index (χ0) is 14.7. The number of methoxy groups -OCH3 is 2. The second-order valence-corrected chi connectivity index (χ2v) is 6.25. The molecule has 1 aromatic carbocycles. The van der Waals surface area contributed by atoms with Crippen LogP contribution >= 0.6 is 15.9 Å². The average molecular weight is 342 g/mol. The Morgan fingerprint density at radius 3 is 2.35 bits per heavy atom. The number of piperidine rings is 1. The summed E-state index contributed by atoms with van der Waals surface area (Å²) in [5.74, 6) is 1.73. The maximum Gasteiger partial charge on any atom is 0.165 e. The van der Waals surface area contributed by atoms with E-state index >= 15 is 0 Å². The van der Waals surface area contributed by atoms with E-state index in [1.165, 1.54) is 30.4 Å². The minimum Gasteiger partial charge on any atom is -0.493 e. The van der Waals surface area contributed by atoms with Crippen molar-refractivity contribution in [2.24, 2.45) is 0 Å². The van der Waals surface area contributed by atoms with Gasteiger partial charge in [0.2, 0.25) is 0 Å². The molecule has 0 saturated carbocycles. The Labute approximate surface area is 130 Å². The normalized spacial score (nSPS) is 18.9. The summed E-state index contributed by atoms with van der Waals surface area (Å²) < 4.78 is 12.3. The summed E-state index contributed by atoms with van der Waals surface area (Å²) in [5.41, 5.74) is 3.61. The molecule has 1 unspecified atom stereocenters. The minimum absolute atomic E-state index is 0.538. The molecular weight excluding hydrogens is 318 g/mol. The third-order valence-electron chi connectivity index (χ3n) is 4.20. The highest BCUT2D eigenvalue weighted by atomic mass is 79.9. The number of ether oxygens (including phenoxy) is 2. The maximum atomic E-state index is 5.65. The highest BCUT2D eigenvalue weighted by Crippen LogP contribution is 2.42. The average Bonchev–Trinajstić information content (AvgIpc) is 2.48. The van der Waals surface area contributed by atoms with Gasteiger partial charge in [-0.1, -0.05) is 22.4 Å². The molecule has 0 spiro atoms. The van der Waals surface area contributed by atoms with E-state index in [1.807, 2.05) is 0 Å². The van der Waals surface area contributed by atoms with Crippen molar-refractivity contribution >= 4 is 15.9 Å². The van der Waals surface area contributed by atoms with Gasteiger partial charge in [0.25, 0.3) is 0 Å². The summed E-state index contributed by atoms with van der Waals surface area (Å²) >= 11 is 3.69. The molecule has 0 amide bonds. The standard InChI is InChI=1S/C16H24BrNO2/c1-10-13(9-12-7-5-6-8-18-12)16(20-4)15(19-3)11(2)14(10)17/h12,18H,5-9H2,1-4H3. The molecular formula is C16H24BrNO2. The SMILES string of the molecule is COc1c(C)c(Br)c(C)c(CC2CCCCN2)c1OC. The second kappa shape index (κ2) is 6.81. The van der Waals surface area contributed by atoms with E-state index in [2.05, 4.69) is 35.1 Å². The van der Waals surface area contributed by atoms with Crippen LogP contribution in [0.1, 0.15) is 36.0 Å². The zero-order valence-corrected chi connectivity index (χ0v) is 14.4. The van der Waals surface area contributed by atoms with Gasteiger partial charge in [-0.3, -0.25) is 0 Å². The van der Waals surface area contributed by atoms with E-state index in [1.54, 1.807) is 14.2 Å². The molecule has 20 heavy (non-hydrogen) atoms. The van der Waals surface area contributed by atoms with Crippen LogP contribution in [0.3, 0.4) is 0 Å². The Morgan fingerprint density at radius 2 is 1.80 bits per heavy atom. The van der Waals surface area contributed by atoms with Crippen molar-refractivity contribution in [2.75, 3.05) is 20.8 Å². The van der Waals surface area contributed by atoms with Crippen LogP contribution in [0.15, 0.2) is 4.47 Å². The van der Waals surface area contributed by atoms with Gasteiger partial charge in [0.15, 0.2) is 11.5 Å². The summed E-state index contributed by atoms with van der Waals surface area (Å²) in [6.45, 7) is 5.33. The van der Waals surface area contributed by atoms with Gasteiger partial charge in [0.05, 0.1) is 14.2 Å². The monoisotopic (exact) mass is 341 g/mol. The van der Waals surface area contributed by atoms with E-state index in [0.717, 1.165) is 34.5 Å². The lowest BCUT2D eigenvalue weighted by molar-refractivity contribution is 0.343. The van der Waals surface area contributed by atoms with E-state index in [9.17, 15) is 0 Å². The zero-order valence-electron chi connectivity index (χ0n) is 12.8. The predicted octanol–water partition coefficient (Wildman–Crippen LogP) is 3.77. The number of benzene rings is 1. The molecule has 2 rings (SSSR count). The van der Waals surface area contributed by atoms with Gasteiger partial charge in [-0.05, 0) is 45.2 Å². The highest BCUT2D eigenvalue weighted by molar-refractivity contribution is 9.10. The lowest BCUT2D eigenvalue weighted by Crippen LogP contribution is -2.35. The first-order chi connectivity index (χ1) is 9.60. The first-order valence-corrected chi connectivity index (χ1v) is 8.02. The van der Waals surface area contributed by atoms with Gasteiger partial charge in [0.1, 0.15) is 0 Å². The lowest BCUT2D eigenvalue weighted by Gasteiger charge is -2.26. The number of nitrogens with one attached hydrogen (secondary N) is 1. The molecule has 112 valence electrons. The highest BCUT2D eigenvalue weighted by Gasteiger charge is 2.23. The Kier molecular flexibility index (Phi) is 5.33. The van der Waals surface area contributed by atoms with Gasteiger partial charge in [-0.25, -0.2) is 0 Å². The molecule has 1 atom stereocenters. The third-order valence-corrected chi connectivity index (χ3v) is 5.39. The summed E-state index contributed by atoms with van der Waals surface area (Å²) in [4.78, 5) is 0. The number of hydrogen-bond donors (Lipinski definition) is 1. The molecule has 1 fully saturated rings. The van der Waals surface area contributed by atoms with E-state index in [4.69, 9.17) is 9.47 Å². The molecule has 1 aromatic rings. The lowest BCUT2D eigenvalue weighted by atomic mass is 9.93. The van der Waals surface area contributed by atoms with Crippen molar-refractivity contribution in [1.82, 2.24) is 5.32 Å². The molecule has 1 aliphatic heterocycles. The van der Waals surface area contributed by atoms with Gasteiger partial charge in [-0.2, -0.15) is 0 Å². The first-order valence-electron chi connectivity index (χ1n) is 7.23. The molecule has 0 aromatic heterocycles. The van der Waals surface area contributed by atoms with Gasteiger partial charge >= 0.3 is 0 Å². The van der Waals surface area contributed by atoms with Crippen LogP contribution in [0.25, 0.3) is 0 Å². The van der Waals surface area contributed by atoms with Crippen molar-refractivity contribution < 1.29 is 9.47 Å². The molecule has 1 aliphatic rings. The molecule has 3 nitrogen and oxygen atoms in total. The molecule has 1 saturated heterocycles. The van der Waals surface area contributed by atoms with Crippen LogP contribution in [0, 0.1) is 13.8 Å². The first kappa shape index (κ1) is 15.6. The minimum atomic E-state index is 0.538. The van der Waals surface area contributed by atoms with Crippen molar-refractivity contribution in [3.8, 4) is 11.5 Å². The van der Waals surface area contributed by atoms with Gasteiger partial charge in [0, 0.05) is 21.6 Å². The van der Waals surface area contributed by atoms with Gasteiger partial charge in [-0.15, -0.1) is 0 Å². The predicted molar refractivity (Wildman–Crippen MR) is 86.1 cm³/mol. The Morgan fingerprint density at radius 1 is 1.10 bits per heavy atom. The second-order valence-electron chi connectivity index (χ2n) is 5.46. The van der Waals surface area contributed by atoms with Crippen LogP contribution in [0.2, 0.25) is 0 Å². The van der Waals surface area contributed by atoms with Crippen LogP contribution in [0.5, 0.6) is 11.5 Å². The molecule has 4 heteroatoms. The topological polar surface area (TPSA) is 30.5 Å². The number of rotatable bonds is 4. The van der Waals surface area contributed by atoms with Crippen molar-refractivity contribution in [1.29, 1.82) is 0 Å². The fourth-order valence-corrected chi connectivity index (χ4v) is 3.46. The van der Waals surface area contributed by atoms with E-state index in [0.29, 0.717) is 6.04 Å². The molecule has 0 bridgehead atoms. The molecule has 0 radical (unpaired) electrons.